The quantitative estimate of drug-likeness (QED) is 0.0868. The lowest BCUT2D eigenvalue weighted by molar-refractivity contribution is -0.138. The van der Waals surface area contributed by atoms with E-state index in [0.29, 0.717) is 11.1 Å². The topological polar surface area (TPSA) is 252 Å². The number of aliphatic imine (C=N–C) groups is 1. The summed E-state index contributed by atoms with van der Waals surface area (Å²) >= 11 is 0. The van der Waals surface area contributed by atoms with E-state index in [9.17, 15) is 29.1 Å². The van der Waals surface area contributed by atoms with Gasteiger partial charge in [-0.2, -0.15) is 0 Å². The number of carboxylic acids is 1. The van der Waals surface area contributed by atoms with Gasteiger partial charge in [0.1, 0.15) is 24.4 Å². The summed E-state index contributed by atoms with van der Waals surface area (Å²) in [6.07, 6.45) is -0.312. The molecule has 228 valence electrons. The van der Waals surface area contributed by atoms with Gasteiger partial charge in [0.15, 0.2) is 5.96 Å². The van der Waals surface area contributed by atoms with Crippen LogP contribution in [-0.2, 0) is 30.0 Å². The van der Waals surface area contributed by atoms with Crippen molar-refractivity contribution in [1.29, 1.82) is 0 Å². The van der Waals surface area contributed by atoms with Crippen LogP contribution in [0.25, 0.3) is 0 Å². The first-order valence-electron chi connectivity index (χ1n) is 13.1. The summed E-state index contributed by atoms with van der Waals surface area (Å²) in [7, 11) is 0. The van der Waals surface area contributed by atoms with Crippen molar-refractivity contribution < 1.29 is 34.2 Å². The van der Waals surface area contributed by atoms with E-state index in [1.54, 1.807) is 0 Å². The molecule has 0 heterocycles. The van der Waals surface area contributed by atoms with Gasteiger partial charge in [0.25, 0.3) is 5.91 Å². The van der Waals surface area contributed by atoms with E-state index in [4.69, 9.17) is 22.3 Å². The molecular formula is C27H43N7O7. The number of primary amides is 1. The van der Waals surface area contributed by atoms with Crippen molar-refractivity contribution >= 4 is 35.6 Å². The van der Waals surface area contributed by atoms with Crippen LogP contribution in [0.3, 0.4) is 0 Å². The number of aromatic hydroxyl groups is 1. The predicted octanol–water partition coefficient (Wildman–Crippen LogP) is -0.300. The van der Waals surface area contributed by atoms with Gasteiger partial charge < -0.3 is 43.4 Å². The fraction of sp³-hybridized carbons (Fsp3) is 0.556. The zero-order chi connectivity index (χ0) is 31.7. The normalized spacial score (nSPS) is 12.9. The smallest absolute Gasteiger partial charge is 0.322 e. The number of nitrogens with two attached hydrogens (primary N) is 3. The number of hydrogen-bond acceptors (Lipinski definition) is 7. The van der Waals surface area contributed by atoms with Gasteiger partial charge in [-0.15, -0.1) is 0 Å². The van der Waals surface area contributed by atoms with Crippen LogP contribution in [-0.4, -0.2) is 70.9 Å². The van der Waals surface area contributed by atoms with E-state index >= 15 is 0 Å². The molecule has 0 aromatic heterocycles. The lowest BCUT2D eigenvalue weighted by Crippen LogP contribution is -2.55. The van der Waals surface area contributed by atoms with Crippen molar-refractivity contribution in [2.75, 3.05) is 13.1 Å². The van der Waals surface area contributed by atoms with Crippen molar-refractivity contribution in [3.8, 4) is 5.75 Å². The van der Waals surface area contributed by atoms with Gasteiger partial charge in [-0.1, -0.05) is 41.5 Å². The van der Waals surface area contributed by atoms with Crippen LogP contribution in [0.1, 0.15) is 82.3 Å². The first-order chi connectivity index (χ1) is 18.7. The predicted molar refractivity (Wildman–Crippen MR) is 153 cm³/mol. The molecule has 0 bridgehead atoms. The molecule has 0 unspecified atom stereocenters. The van der Waals surface area contributed by atoms with E-state index in [-0.39, 0.29) is 36.7 Å². The lowest BCUT2D eigenvalue weighted by atomic mass is 9.78. The maximum atomic E-state index is 13.4. The summed E-state index contributed by atoms with van der Waals surface area (Å²) in [4.78, 5) is 65.7. The van der Waals surface area contributed by atoms with Crippen molar-refractivity contribution in [2.24, 2.45) is 22.2 Å². The Kier molecular flexibility index (Phi) is 12.1. The molecule has 14 heteroatoms. The van der Waals surface area contributed by atoms with E-state index in [0.717, 1.165) is 0 Å². The number of rotatable bonds is 13. The molecule has 0 saturated carbocycles. The fourth-order valence-corrected chi connectivity index (χ4v) is 3.89. The summed E-state index contributed by atoms with van der Waals surface area (Å²) in [5.74, 6) is -4.67. The number of benzene rings is 1. The van der Waals surface area contributed by atoms with E-state index in [1.807, 2.05) is 41.5 Å². The first kappa shape index (κ1) is 34.7. The third kappa shape index (κ3) is 11.3. The highest BCUT2D eigenvalue weighted by atomic mass is 16.4. The second-order valence-corrected chi connectivity index (χ2v) is 11.7. The van der Waals surface area contributed by atoms with E-state index in [1.165, 1.54) is 12.1 Å². The van der Waals surface area contributed by atoms with Crippen LogP contribution in [0.2, 0.25) is 0 Å². The number of nitrogens with zero attached hydrogens (tertiary/aromatic N) is 1. The number of guanidine groups is 1. The highest BCUT2D eigenvalue weighted by Crippen LogP contribution is 2.39. The van der Waals surface area contributed by atoms with Crippen LogP contribution in [0.5, 0.6) is 5.75 Å². The standard InChI is InChI=1S/C27H43N7O7/c1-26(2,3)15-10-14(11-16(21(15)38)27(4,5)6)22(39)34-18(12-19(28)35)24(41)33-17(8-7-9-31-25(29)30)23(40)32-13-20(36)37/h10-11,17-18,38H,7-9,12-13H2,1-6H3,(H2,28,35)(H,32,40)(H,33,41)(H,34,39)(H,36,37)(H4,29,30,31)/t17-,18-/m0/s1. The van der Waals surface area contributed by atoms with Gasteiger partial charge in [0, 0.05) is 23.2 Å². The Morgan fingerprint density at radius 1 is 0.878 bits per heavy atom. The third-order valence-corrected chi connectivity index (χ3v) is 6.01. The number of aliphatic carboxylic acids is 1. The molecule has 4 amide bonds. The maximum Gasteiger partial charge on any atom is 0.322 e. The van der Waals surface area contributed by atoms with Gasteiger partial charge in [-0.3, -0.25) is 29.0 Å². The van der Waals surface area contributed by atoms with Crippen molar-refractivity contribution in [3.63, 3.8) is 0 Å². The minimum absolute atomic E-state index is 0.0209. The minimum Gasteiger partial charge on any atom is -0.507 e. The molecule has 0 aliphatic rings. The van der Waals surface area contributed by atoms with Crippen LogP contribution < -0.4 is 33.2 Å². The SMILES string of the molecule is CC(C)(C)c1cc(C(=O)N[C@@H](CC(N)=O)C(=O)N[C@@H](CCCN=C(N)N)C(=O)NCC(=O)O)cc(C(C)(C)C)c1O. The largest absolute Gasteiger partial charge is 0.507 e. The second-order valence-electron chi connectivity index (χ2n) is 11.7. The Balaban J connectivity index is 3.32. The number of carboxylic acid groups (broad SMARTS) is 1. The van der Waals surface area contributed by atoms with Crippen LogP contribution >= 0.6 is 0 Å². The third-order valence-electron chi connectivity index (χ3n) is 6.01. The Morgan fingerprint density at radius 3 is 1.85 bits per heavy atom. The monoisotopic (exact) mass is 577 g/mol. The molecule has 1 aromatic carbocycles. The Bertz CT molecular complexity index is 1140. The molecule has 1 aromatic rings. The van der Waals surface area contributed by atoms with E-state index in [2.05, 4.69) is 20.9 Å². The summed E-state index contributed by atoms with van der Waals surface area (Å²) in [6.45, 7) is 10.7. The van der Waals surface area contributed by atoms with Crippen LogP contribution in [0.15, 0.2) is 17.1 Å². The van der Waals surface area contributed by atoms with Gasteiger partial charge in [-0.05, 0) is 35.8 Å². The summed E-state index contributed by atoms with van der Waals surface area (Å²) in [5, 5.41) is 27.0. The fourth-order valence-electron chi connectivity index (χ4n) is 3.89. The summed E-state index contributed by atoms with van der Waals surface area (Å²) < 4.78 is 0. The van der Waals surface area contributed by atoms with Crippen molar-refractivity contribution in [2.45, 2.75) is 83.7 Å². The van der Waals surface area contributed by atoms with Gasteiger partial charge >= 0.3 is 5.97 Å². The Hall–Kier alpha value is -4.36. The van der Waals surface area contributed by atoms with Crippen molar-refractivity contribution in [1.82, 2.24) is 16.0 Å². The average molecular weight is 578 g/mol. The molecule has 0 aliphatic heterocycles. The van der Waals surface area contributed by atoms with Gasteiger partial charge in [-0.25, -0.2) is 0 Å². The molecule has 11 N–H and O–H groups in total. The molecule has 2 atom stereocenters. The molecular weight excluding hydrogens is 534 g/mol. The Labute approximate surface area is 239 Å². The molecule has 0 aliphatic carbocycles. The summed E-state index contributed by atoms with van der Waals surface area (Å²) in [5.41, 5.74) is 16.1. The summed E-state index contributed by atoms with van der Waals surface area (Å²) in [6, 6.07) is 0.352. The molecule has 0 radical (unpaired) electrons. The number of carbonyl (C=O) groups excluding carboxylic acids is 4. The number of hydrogen-bond donors (Lipinski definition) is 8. The number of phenolic OH excluding ortho intramolecular Hbond substituents is 1. The minimum atomic E-state index is -1.46. The molecule has 41 heavy (non-hydrogen) atoms. The first-order valence-corrected chi connectivity index (χ1v) is 13.1. The molecule has 0 saturated heterocycles. The average Bonchev–Trinajstić information content (AvgIpc) is 2.81. The molecule has 0 spiro atoms. The maximum absolute atomic E-state index is 13.4. The highest BCUT2D eigenvalue weighted by molar-refractivity contribution is 6.00. The second kappa shape index (κ2) is 14.3. The lowest BCUT2D eigenvalue weighted by Gasteiger charge is -2.28. The highest BCUT2D eigenvalue weighted by Gasteiger charge is 2.31. The van der Waals surface area contributed by atoms with Crippen LogP contribution in [0, 0.1) is 0 Å². The van der Waals surface area contributed by atoms with Crippen molar-refractivity contribution in [3.05, 3.63) is 28.8 Å². The Morgan fingerprint density at radius 2 is 1.41 bits per heavy atom. The zero-order valence-corrected chi connectivity index (χ0v) is 24.5. The number of phenols is 1. The van der Waals surface area contributed by atoms with Crippen LogP contribution in [0.4, 0.5) is 0 Å². The number of nitrogens with one attached hydrogen (secondary N) is 3. The van der Waals surface area contributed by atoms with Gasteiger partial charge in [0.2, 0.25) is 17.7 Å². The number of carbonyl (C=O) groups is 5. The van der Waals surface area contributed by atoms with Gasteiger partial charge in [0.05, 0.1) is 6.42 Å². The molecule has 1 rings (SSSR count). The van der Waals surface area contributed by atoms with E-state index < -0.39 is 65.5 Å². The number of amides is 4. The zero-order valence-electron chi connectivity index (χ0n) is 24.5. The molecule has 0 fully saturated rings. The molecule has 14 nitrogen and oxygen atoms in total.